The van der Waals surface area contributed by atoms with Crippen LogP contribution < -0.4 is 4.74 Å². The first-order valence-corrected chi connectivity index (χ1v) is 5.64. The fraction of sp³-hybridized carbons (Fsp3) is 0.300. The van der Waals surface area contributed by atoms with E-state index in [1.54, 1.807) is 6.07 Å². The number of ether oxygens (including phenoxy) is 2. The van der Waals surface area contributed by atoms with Crippen LogP contribution in [0.5, 0.6) is 5.75 Å². The second-order valence-electron chi connectivity index (χ2n) is 2.85. The number of hydrogen-bond donors (Lipinski definition) is 0. The van der Waals surface area contributed by atoms with Crippen molar-refractivity contribution in [3.8, 4) is 5.75 Å². The minimum atomic E-state index is -0.645. The molecule has 1 unspecified atom stereocenters. The van der Waals surface area contributed by atoms with Crippen LogP contribution in [0.15, 0.2) is 18.2 Å². The van der Waals surface area contributed by atoms with E-state index >= 15 is 0 Å². The first kappa shape index (κ1) is 13.3. The topological polar surface area (TPSA) is 35.5 Å². The van der Waals surface area contributed by atoms with Crippen LogP contribution in [-0.4, -0.2) is 24.5 Å². The van der Waals surface area contributed by atoms with Crippen molar-refractivity contribution < 1.29 is 18.7 Å². The van der Waals surface area contributed by atoms with E-state index in [1.165, 1.54) is 19.2 Å². The molecule has 88 valence electrons. The van der Waals surface area contributed by atoms with Crippen molar-refractivity contribution in [3.05, 3.63) is 29.0 Å². The fourth-order valence-electron chi connectivity index (χ4n) is 0.954. The molecule has 0 saturated heterocycles. The third-order valence-corrected chi connectivity index (χ3v) is 2.69. The van der Waals surface area contributed by atoms with Gasteiger partial charge in [0.1, 0.15) is 11.4 Å². The minimum Gasteiger partial charge on any atom is -0.489 e. The number of hydrogen-bond acceptors (Lipinski definition) is 3. The van der Waals surface area contributed by atoms with Gasteiger partial charge in [-0.2, -0.15) is 0 Å². The number of methoxy groups -OCH3 is 1. The van der Waals surface area contributed by atoms with Gasteiger partial charge in [0, 0.05) is 0 Å². The Morgan fingerprint density at radius 2 is 2.31 bits per heavy atom. The number of esters is 1. The fourth-order valence-corrected chi connectivity index (χ4v) is 1.44. The Hall–Kier alpha value is -0.810. The monoisotopic (exact) mass is 310 g/mol. The van der Waals surface area contributed by atoms with E-state index in [1.807, 2.05) is 0 Å². The first-order chi connectivity index (χ1) is 7.56. The maximum atomic E-state index is 13.3. The van der Waals surface area contributed by atoms with Gasteiger partial charge in [-0.05, 0) is 12.1 Å². The third-order valence-electron chi connectivity index (χ3n) is 1.76. The summed E-state index contributed by atoms with van der Waals surface area (Å²) in [6, 6.07) is 4.40. The van der Waals surface area contributed by atoms with E-state index in [0.717, 1.165) is 0 Å². The molecule has 1 rings (SSSR count). The highest BCUT2D eigenvalue weighted by molar-refractivity contribution is 9.10. The molecular formula is C10H9BrClFO3. The lowest BCUT2D eigenvalue weighted by molar-refractivity contribution is -0.140. The SMILES string of the molecule is COC(=O)C(Br)COc1cccc(Cl)c1F. The Balaban J connectivity index is 2.61. The highest BCUT2D eigenvalue weighted by Gasteiger charge is 2.17. The van der Waals surface area contributed by atoms with Crippen LogP contribution in [0.2, 0.25) is 5.02 Å². The number of rotatable bonds is 4. The minimum absolute atomic E-state index is 0.000790. The van der Waals surface area contributed by atoms with Gasteiger partial charge in [0.25, 0.3) is 0 Å². The van der Waals surface area contributed by atoms with Crippen LogP contribution in [0.4, 0.5) is 4.39 Å². The summed E-state index contributed by atoms with van der Waals surface area (Å²) in [5.41, 5.74) is 0. The van der Waals surface area contributed by atoms with Gasteiger partial charge < -0.3 is 9.47 Å². The summed E-state index contributed by atoms with van der Waals surface area (Å²) in [7, 11) is 1.26. The van der Waals surface area contributed by atoms with E-state index in [9.17, 15) is 9.18 Å². The maximum Gasteiger partial charge on any atom is 0.322 e. The second-order valence-corrected chi connectivity index (χ2v) is 4.37. The second kappa shape index (κ2) is 6.06. The Bertz CT molecular complexity index is 386. The van der Waals surface area contributed by atoms with Gasteiger partial charge in [0.15, 0.2) is 11.6 Å². The molecule has 6 heteroatoms. The molecule has 16 heavy (non-hydrogen) atoms. The number of halogens is 3. The van der Waals surface area contributed by atoms with E-state index in [0.29, 0.717) is 0 Å². The van der Waals surface area contributed by atoms with Crippen LogP contribution in [0.3, 0.4) is 0 Å². The summed E-state index contributed by atoms with van der Waals surface area (Å²) in [5.74, 6) is -1.13. The molecule has 0 bridgehead atoms. The Labute approximate surface area is 106 Å². The van der Waals surface area contributed by atoms with Crippen LogP contribution in [0.25, 0.3) is 0 Å². The lowest BCUT2D eigenvalue weighted by atomic mass is 10.3. The summed E-state index contributed by atoms with van der Waals surface area (Å²) in [5, 5.41) is -0.0262. The summed E-state index contributed by atoms with van der Waals surface area (Å²) < 4.78 is 22.9. The molecule has 0 aliphatic carbocycles. The zero-order chi connectivity index (χ0) is 12.1. The molecule has 0 saturated carbocycles. The predicted molar refractivity (Wildman–Crippen MR) is 61.6 cm³/mol. The van der Waals surface area contributed by atoms with Crippen LogP contribution >= 0.6 is 27.5 Å². The number of carbonyl (C=O) groups excluding carboxylic acids is 1. The predicted octanol–water partition coefficient (Wildman–Crippen LogP) is 2.79. The van der Waals surface area contributed by atoms with Crippen molar-refractivity contribution in [1.29, 1.82) is 0 Å². The third kappa shape index (κ3) is 3.35. The van der Waals surface area contributed by atoms with Gasteiger partial charge in [-0.1, -0.05) is 33.6 Å². The van der Waals surface area contributed by atoms with Gasteiger partial charge in [0.2, 0.25) is 0 Å². The molecule has 0 N–H and O–H groups in total. The maximum absolute atomic E-state index is 13.3. The normalized spacial score (nSPS) is 12.0. The Morgan fingerprint density at radius 3 is 2.94 bits per heavy atom. The molecule has 0 aromatic heterocycles. The van der Waals surface area contributed by atoms with Crippen LogP contribution in [0, 0.1) is 5.82 Å². The molecule has 0 fully saturated rings. The number of alkyl halides is 1. The van der Waals surface area contributed by atoms with Crippen molar-refractivity contribution >= 4 is 33.5 Å². The van der Waals surface area contributed by atoms with Crippen LogP contribution in [0.1, 0.15) is 0 Å². The quantitative estimate of drug-likeness (QED) is 0.633. The van der Waals surface area contributed by atoms with Crippen molar-refractivity contribution in [2.45, 2.75) is 4.83 Å². The lowest BCUT2D eigenvalue weighted by Crippen LogP contribution is -2.23. The molecule has 0 radical (unpaired) electrons. The molecule has 0 spiro atoms. The zero-order valence-electron chi connectivity index (χ0n) is 8.38. The Morgan fingerprint density at radius 1 is 1.62 bits per heavy atom. The molecule has 1 atom stereocenters. The first-order valence-electron chi connectivity index (χ1n) is 4.35. The van der Waals surface area contributed by atoms with Crippen LogP contribution in [-0.2, 0) is 9.53 Å². The van der Waals surface area contributed by atoms with Crippen molar-refractivity contribution in [2.75, 3.05) is 13.7 Å². The van der Waals surface area contributed by atoms with Crippen molar-refractivity contribution in [3.63, 3.8) is 0 Å². The molecule has 3 nitrogen and oxygen atoms in total. The highest BCUT2D eigenvalue weighted by Crippen LogP contribution is 2.24. The standard InChI is InChI=1S/C10H9BrClFO3/c1-15-10(14)6(11)5-16-8-4-2-3-7(12)9(8)13/h2-4,6H,5H2,1H3. The smallest absolute Gasteiger partial charge is 0.322 e. The average Bonchev–Trinajstić information content (AvgIpc) is 2.29. The molecule has 0 aliphatic rings. The van der Waals surface area contributed by atoms with E-state index in [4.69, 9.17) is 16.3 Å². The van der Waals surface area contributed by atoms with Gasteiger partial charge >= 0.3 is 5.97 Å². The molecular weight excluding hydrogens is 302 g/mol. The summed E-state index contributed by atoms with van der Waals surface area (Å²) in [4.78, 5) is 10.4. The van der Waals surface area contributed by atoms with Crippen molar-refractivity contribution in [1.82, 2.24) is 0 Å². The molecule has 0 heterocycles. The van der Waals surface area contributed by atoms with Gasteiger partial charge in [0.05, 0.1) is 12.1 Å². The number of carbonyl (C=O) groups is 1. The largest absolute Gasteiger partial charge is 0.489 e. The highest BCUT2D eigenvalue weighted by atomic mass is 79.9. The Kier molecular flexibility index (Phi) is 5.02. The molecule has 1 aromatic rings. The zero-order valence-corrected chi connectivity index (χ0v) is 10.7. The van der Waals surface area contributed by atoms with E-state index in [-0.39, 0.29) is 17.4 Å². The lowest BCUT2D eigenvalue weighted by Gasteiger charge is -2.10. The van der Waals surface area contributed by atoms with Gasteiger partial charge in [-0.25, -0.2) is 4.39 Å². The summed E-state index contributed by atoms with van der Waals surface area (Å²) >= 11 is 8.61. The van der Waals surface area contributed by atoms with Gasteiger partial charge in [-0.3, -0.25) is 4.79 Å². The van der Waals surface area contributed by atoms with Gasteiger partial charge in [-0.15, -0.1) is 0 Å². The molecule has 0 amide bonds. The summed E-state index contributed by atoms with van der Waals surface area (Å²) in [6.07, 6.45) is 0. The molecule has 0 aliphatic heterocycles. The van der Waals surface area contributed by atoms with E-state index < -0.39 is 16.6 Å². The average molecular weight is 312 g/mol. The number of benzene rings is 1. The molecule has 1 aromatic carbocycles. The van der Waals surface area contributed by atoms with Crippen molar-refractivity contribution in [2.24, 2.45) is 0 Å². The summed E-state index contributed by atoms with van der Waals surface area (Å²) in [6.45, 7) is -0.0378. The van der Waals surface area contributed by atoms with E-state index in [2.05, 4.69) is 20.7 Å².